The Morgan fingerprint density at radius 3 is 0.622 bits per heavy atom. The van der Waals surface area contributed by atoms with Crippen LogP contribution in [0.2, 0.25) is 0 Å². The summed E-state index contributed by atoms with van der Waals surface area (Å²) < 4.78 is 0. The van der Waals surface area contributed by atoms with Crippen LogP contribution in [0.1, 0.15) is 22.3 Å². The minimum absolute atomic E-state index is 0. The predicted molar refractivity (Wildman–Crippen MR) is 171 cm³/mol. The third-order valence-electron chi connectivity index (χ3n) is 4.37. The van der Waals surface area contributed by atoms with Gasteiger partial charge in [-0.15, -0.1) is 64.4 Å². The molecule has 0 aliphatic rings. The first-order valence-corrected chi connectivity index (χ1v) is 16.8. The molecule has 0 unspecified atom stereocenters. The third-order valence-corrected chi connectivity index (χ3v) is 6.95. The molecule has 0 heterocycles. The van der Waals surface area contributed by atoms with Gasteiger partial charge in [-0.1, -0.05) is 24.3 Å². The van der Waals surface area contributed by atoms with Crippen molar-refractivity contribution < 1.29 is 26.2 Å². The fourth-order valence-electron chi connectivity index (χ4n) is 2.31. The molecular weight excluding hydrogens is 562 g/mol. The Kier molecular flexibility index (Phi) is 25.9. The van der Waals surface area contributed by atoms with Crippen LogP contribution in [0.5, 0.6) is 0 Å². The van der Waals surface area contributed by atoms with Crippen LogP contribution in [0.15, 0.2) is 121 Å². The van der Waals surface area contributed by atoms with Gasteiger partial charge in [0.25, 0.3) is 0 Å². The third kappa shape index (κ3) is 28.5. The Hall–Kier alpha value is -1.90. The van der Waals surface area contributed by atoms with Gasteiger partial charge in [0.1, 0.15) is 0 Å². The second-order valence-corrected chi connectivity index (χ2v) is 13.8. The largest absolute Gasteiger partial charge is 4.00 e. The molecule has 3 heteroatoms. The molecule has 0 saturated heterocycles. The maximum atomic E-state index is 3.72. The van der Waals surface area contributed by atoms with Crippen molar-refractivity contribution >= 4 is 15.8 Å². The Morgan fingerprint density at radius 1 is 0.378 bits per heavy atom. The molecule has 0 aliphatic carbocycles. The Morgan fingerprint density at radius 2 is 0.541 bits per heavy atom. The van der Waals surface area contributed by atoms with Crippen LogP contribution in [0.3, 0.4) is 0 Å². The summed E-state index contributed by atoms with van der Waals surface area (Å²) in [5, 5.41) is 0. The summed E-state index contributed by atoms with van der Waals surface area (Å²) in [6.45, 7) is 24.3. The molecule has 0 nitrogen and oxygen atoms in total. The van der Waals surface area contributed by atoms with Gasteiger partial charge in [0, 0.05) is 0 Å². The van der Waals surface area contributed by atoms with E-state index in [0.29, 0.717) is 15.8 Å². The normalized spacial score (nSPS) is 8.92. The molecule has 0 radical (unpaired) electrons. The summed E-state index contributed by atoms with van der Waals surface area (Å²) in [5.41, 5.74) is 4.29. The zero-order valence-corrected chi connectivity index (χ0v) is 27.4. The van der Waals surface area contributed by atoms with Gasteiger partial charge >= 0.3 is 26.2 Å². The van der Waals surface area contributed by atoms with Gasteiger partial charge in [0.05, 0.1) is 0 Å². The van der Waals surface area contributed by atoms with Gasteiger partial charge in [-0.25, -0.2) is 0 Å². The van der Waals surface area contributed by atoms with Crippen molar-refractivity contribution in [3.8, 4) is 0 Å². The predicted octanol–water partition coefficient (Wildman–Crippen LogP) is 9.94. The van der Waals surface area contributed by atoms with E-state index in [9.17, 15) is 0 Å². The molecule has 0 bridgehead atoms. The van der Waals surface area contributed by atoms with Crippen molar-refractivity contribution in [2.24, 2.45) is 0 Å². The van der Waals surface area contributed by atoms with Gasteiger partial charge in [-0.2, -0.15) is 98.5 Å². The molecule has 194 valence electrons. The average Bonchev–Trinajstić information content (AvgIpc) is 2.86. The number of hydrogen-bond donors (Lipinski definition) is 0. The average molecular weight is 606 g/mol. The summed E-state index contributed by atoms with van der Waals surface area (Å²) in [5.74, 6) is 0. The minimum atomic E-state index is 0. The quantitative estimate of drug-likeness (QED) is 0.161. The zero-order chi connectivity index (χ0) is 27.0. The molecule has 0 spiro atoms. The van der Waals surface area contributed by atoms with Crippen LogP contribution >= 0.6 is 15.8 Å². The molecule has 4 rings (SSSR count). The first-order chi connectivity index (χ1) is 17.2. The van der Waals surface area contributed by atoms with E-state index in [2.05, 4.69) is 54.4 Å². The van der Waals surface area contributed by atoms with Crippen molar-refractivity contribution in [2.45, 2.75) is 0 Å². The van der Waals surface area contributed by atoms with Gasteiger partial charge < -0.3 is 0 Å². The Bertz CT molecular complexity index is 800. The van der Waals surface area contributed by atoms with E-state index in [-0.39, 0.29) is 26.2 Å². The summed E-state index contributed by atoms with van der Waals surface area (Å²) >= 11 is 0. The van der Waals surface area contributed by atoms with Crippen LogP contribution in [0, 0.1) is 27.7 Å². The summed E-state index contributed by atoms with van der Waals surface area (Å²) in [7, 11) is 0.766. The number of benzene rings is 4. The van der Waals surface area contributed by atoms with E-state index in [4.69, 9.17) is 0 Å². The molecule has 0 aromatic heterocycles. The molecule has 0 N–H and O–H groups in total. The molecule has 0 aliphatic heterocycles. The monoisotopic (exact) mass is 604 g/mol. The van der Waals surface area contributed by atoms with Gasteiger partial charge in [0.2, 0.25) is 0 Å². The molecule has 4 aromatic carbocycles. The van der Waals surface area contributed by atoms with Crippen LogP contribution in [-0.4, -0.2) is 39.0 Å². The van der Waals surface area contributed by atoms with E-state index in [1.165, 1.54) is 12.3 Å². The van der Waals surface area contributed by atoms with E-state index < -0.39 is 0 Å². The maximum absolute atomic E-state index is 3.72. The first kappa shape index (κ1) is 37.3. The van der Waals surface area contributed by atoms with Crippen LogP contribution < -0.4 is 0 Å². The molecule has 0 saturated carbocycles. The fraction of sp³-hybridized carbons (Fsp3) is 0.176. The van der Waals surface area contributed by atoms with Crippen LogP contribution in [0.25, 0.3) is 0 Å². The van der Waals surface area contributed by atoms with Crippen molar-refractivity contribution in [3.63, 3.8) is 0 Å². The fourth-order valence-corrected chi connectivity index (χ4v) is 5.51. The van der Waals surface area contributed by atoms with E-state index in [0.717, 1.165) is 22.3 Å². The molecule has 0 fully saturated rings. The summed E-state index contributed by atoms with van der Waals surface area (Å²) in [6.07, 6.45) is 2.96. The number of rotatable bonds is 3. The van der Waals surface area contributed by atoms with Gasteiger partial charge in [-0.3, -0.25) is 0 Å². The van der Waals surface area contributed by atoms with E-state index in [1.807, 2.05) is 121 Å². The molecular formula is C34H44P2Zr. The second kappa shape index (κ2) is 25.7. The summed E-state index contributed by atoms with van der Waals surface area (Å²) in [4.78, 5) is 0. The van der Waals surface area contributed by atoms with E-state index >= 15 is 0 Å². The van der Waals surface area contributed by atoms with Crippen molar-refractivity contribution in [1.29, 1.82) is 0 Å². The molecule has 4 aromatic rings. The maximum Gasteiger partial charge on any atom is 4.00 e. The Balaban J connectivity index is 0. The van der Waals surface area contributed by atoms with Crippen LogP contribution in [-0.2, 0) is 26.2 Å². The zero-order valence-electron chi connectivity index (χ0n) is 23.2. The van der Waals surface area contributed by atoms with Crippen molar-refractivity contribution in [2.75, 3.05) is 39.0 Å². The molecule has 37 heavy (non-hydrogen) atoms. The van der Waals surface area contributed by atoms with Crippen molar-refractivity contribution in [1.82, 2.24) is 0 Å². The van der Waals surface area contributed by atoms with Gasteiger partial charge in [0.15, 0.2) is 0 Å². The minimum Gasteiger partial charge on any atom is -0.199 e. The topological polar surface area (TPSA) is 0 Å². The standard InChI is InChI=1S/4C7H7.C6H16P2.Zr/c4*1-7-5-3-2-4-6-7;1-7(2)5-6-8(3)4;/h4*2-6H,1H2;5-6H2,1-4H3;/q4*-1;;+4. The first-order valence-electron chi connectivity index (χ1n) is 12.0. The van der Waals surface area contributed by atoms with Crippen LogP contribution in [0.4, 0.5) is 0 Å². The summed E-state index contributed by atoms with van der Waals surface area (Å²) in [6, 6.07) is 39.5. The second-order valence-electron chi connectivity index (χ2n) is 8.55. The van der Waals surface area contributed by atoms with E-state index in [1.54, 1.807) is 0 Å². The van der Waals surface area contributed by atoms with Gasteiger partial charge in [-0.05, 0) is 39.0 Å². The van der Waals surface area contributed by atoms with Crippen molar-refractivity contribution in [3.05, 3.63) is 171 Å². The number of hydrogen-bond acceptors (Lipinski definition) is 0. The SMILES string of the molecule is CP(C)CCP(C)C.[CH2-]c1ccccc1.[CH2-]c1ccccc1.[CH2-]c1ccccc1.[CH2-]c1ccccc1.[Zr+4]. The molecule has 0 amide bonds. The Labute approximate surface area is 251 Å². The smallest absolute Gasteiger partial charge is 0.199 e. The molecule has 0 atom stereocenters.